The van der Waals surface area contributed by atoms with Crippen molar-refractivity contribution in [1.82, 2.24) is 4.57 Å². The molecule has 34 heavy (non-hydrogen) atoms. The number of carbonyl (C=O) groups is 2. The Morgan fingerprint density at radius 1 is 1.03 bits per heavy atom. The predicted octanol–water partition coefficient (Wildman–Crippen LogP) is 5.10. The Hall–Kier alpha value is -3.90. The largest absolute Gasteiger partial charge is 0.497 e. The predicted molar refractivity (Wildman–Crippen MR) is 134 cm³/mol. The van der Waals surface area contributed by atoms with Gasteiger partial charge >= 0.3 is 0 Å². The smallest absolute Gasteiger partial charge is 0.244 e. The molecule has 3 aromatic carbocycles. The lowest BCUT2D eigenvalue weighted by molar-refractivity contribution is -0.116. The summed E-state index contributed by atoms with van der Waals surface area (Å²) in [5.74, 6) is -0.112. The molecule has 0 aliphatic heterocycles. The molecular weight excluding hydrogens is 452 g/mol. The van der Waals surface area contributed by atoms with Crippen LogP contribution in [-0.4, -0.2) is 23.4 Å². The first-order valence-corrected chi connectivity index (χ1v) is 11.2. The minimum Gasteiger partial charge on any atom is -0.497 e. The lowest BCUT2D eigenvalue weighted by Gasteiger charge is -2.14. The Morgan fingerprint density at radius 3 is 2.50 bits per heavy atom. The van der Waals surface area contributed by atoms with Crippen LogP contribution in [-0.2, 0) is 17.8 Å². The third-order valence-corrected chi connectivity index (χ3v) is 5.81. The van der Waals surface area contributed by atoms with Gasteiger partial charge in [0, 0.05) is 33.9 Å². The molecule has 172 valence electrons. The zero-order valence-electron chi connectivity index (χ0n) is 18.8. The van der Waals surface area contributed by atoms with Crippen LogP contribution < -0.4 is 15.5 Å². The molecule has 0 unspecified atom stereocenters. The summed E-state index contributed by atoms with van der Waals surface area (Å²) in [7, 11) is 1.55. The highest BCUT2D eigenvalue weighted by Crippen LogP contribution is 2.20. The number of halogens is 1. The van der Waals surface area contributed by atoms with Crippen LogP contribution in [0.25, 0.3) is 10.9 Å². The van der Waals surface area contributed by atoms with E-state index in [-0.39, 0.29) is 23.4 Å². The van der Waals surface area contributed by atoms with Crippen LogP contribution in [0.1, 0.15) is 28.4 Å². The van der Waals surface area contributed by atoms with Crippen LogP contribution in [0.4, 0.5) is 5.69 Å². The highest BCUT2D eigenvalue weighted by atomic mass is 35.5. The molecule has 4 rings (SSSR count). The number of aryl methyl sites for hydroxylation is 1. The average Bonchev–Trinajstić information content (AvgIpc) is 2.85. The van der Waals surface area contributed by atoms with Crippen LogP contribution >= 0.6 is 11.6 Å². The fourth-order valence-electron chi connectivity index (χ4n) is 3.77. The van der Waals surface area contributed by atoms with E-state index in [2.05, 4.69) is 5.32 Å². The highest BCUT2D eigenvalue weighted by Gasteiger charge is 2.18. The number of nitrogens with zero attached hydrogens (tertiary/aromatic N) is 1. The Labute approximate surface area is 201 Å². The summed E-state index contributed by atoms with van der Waals surface area (Å²) >= 11 is 6.14. The summed E-state index contributed by atoms with van der Waals surface area (Å²) in [5, 5.41) is 3.46. The fraction of sp³-hybridized carbons (Fsp3) is 0.148. The SMILES string of the molecule is CCc1ccc(C(=O)c2cn(CC(=O)Nc3cccc(OC)c3)c3ccc(Cl)cc3c2=O)cc1. The van der Waals surface area contributed by atoms with Gasteiger partial charge in [-0.05, 0) is 42.3 Å². The number of benzene rings is 3. The maximum absolute atomic E-state index is 13.2. The second-order valence-electron chi connectivity index (χ2n) is 7.82. The van der Waals surface area contributed by atoms with Gasteiger partial charge in [0.05, 0.1) is 18.2 Å². The number of hydrogen-bond donors (Lipinski definition) is 1. The number of pyridine rings is 1. The number of anilines is 1. The number of amides is 1. The van der Waals surface area contributed by atoms with E-state index in [0.717, 1.165) is 12.0 Å². The van der Waals surface area contributed by atoms with Crippen LogP contribution in [0.15, 0.2) is 77.7 Å². The van der Waals surface area contributed by atoms with Crippen molar-refractivity contribution < 1.29 is 14.3 Å². The maximum atomic E-state index is 13.2. The van der Waals surface area contributed by atoms with Gasteiger partial charge in [0.15, 0.2) is 5.78 Å². The van der Waals surface area contributed by atoms with E-state index in [0.29, 0.717) is 27.5 Å². The van der Waals surface area contributed by atoms with E-state index >= 15 is 0 Å². The normalized spacial score (nSPS) is 10.8. The number of carbonyl (C=O) groups excluding carboxylic acids is 2. The average molecular weight is 475 g/mol. The molecule has 1 heterocycles. The van der Waals surface area contributed by atoms with Gasteiger partial charge in [0.2, 0.25) is 11.3 Å². The molecule has 0 saturated carbocycles. The van der Waals surface area contributed by atoms with Gasteiger partial charge in [-0.2, -0.15) is 0 Å². The van der Waals surface area contributed by atoms with Crippen LogP contribution in [0.3, 0.4) is 0 Å². The van der Waals surface area contributed by atoms with Crippen molar-refractivity contribution in [3.63, 3.8) is 0 Å². The summed E-state index contributed by atoms with van der Waals surface area (Å²) < 4.78 is 6.79. The molecule has 0 bridgehead atoms. The first-order valence-electron chi connectivity index (χ1n) is 10.8. The van der Waals surface area contributed by atoms with Crippen molar-refractivity contribution >= 4 is 39.9 Å². The van der Waals surface area contributed by atoms with Gasteiger partial charge in [-0.3, -0.25) is 14.4 Å². The van der Waals surface area contributed by atoms with Crippen molar-refractivity contribution in [2.75, 3.05) is 12.4 Å². The molecule has 6 nitrogen and oxygen atoms in total. The minimum absolute atomic E-state index is 0.0202. The molecule has 0 radical (unpaired) electrons. The second kappa shape index (κ2) is 9.93. The maximum Gasteiger partial charge on any atom is 0.244 e. The standard InChI is InChI=1S/C27H23ClN2O4/c1-3-17-7-9-18(10-8-17)26(32)23-15-30(24-12-11-19(28)13-22(24)27(23)33)16-25(31)29-20-5-4-6-21(14-20)34-2/h4-15H,3,16H2,1-2H3,(H,29,31). The van der Waals surface area contributed by atoms with Crippen LogP contribution in [0.2, 0.25) is 5.02 Å². The third kappa shape index (κ3) is 4.87. The number of rotatable bonds is 7. The fourth-order valence-corrected chi connectivity index (χ4v) is 3.94. The number of ketones is 1. The number of nitrogens with one attached hydrogen (secondary N) is 1. The molecule has 0 aliphatic rings. The van der Waals surface area contributed by atoms with Gasteiger partial charge in [-0.25, -0.2) is 0 Å². The van der Waals surface area contributed by atoms with E-state index in [1.54, 1.807) is 60.2 Å². The van der Waals surface area contributed by atoms with Gasteiger partial charge in [0.25, 0.3) is 0 Å². The monoisotopic (exact) mass is 474 g/mol. The van der Waals surface area contributed by atoms with E-state index in [1.807, 2.05) is 19.1 Å². The molecule has 0 aliphatic carbocycles. The highest BCUT2D eigenvalue weighted by molar-refractivity contribution is 6.31. The summed E-state index contributed by atoms with van der Waals surface area (Å²) in [6.45, 7) is 1.92. The molecule has 7 heteroatoms. The Balaban J connectivity index is 1.73. The molecule has 0 saturated heterocycles. The number of hydrogen-bond acceptors (Lipinski definition) is 4. The van der Waals surface area contributed by atoms with Gasteiger partial charge in [-0.15, -0.1) is 0 Å². The van der Waals surface area contributed by atoms with Crippen LogP contribution in [0.5, 0.6) is 5.75 Å². The molecule has 1 amide bonds. The van der Waals surface area contributed by atoms with E-state index < -0.39 is 11.2 Å². The molecular formula is C27H23ClN2O4. The lowest BCUT2D eigenvalue weighted by atomic mass is 10.0. The Morgan fingerprint density at radius 2 is 1.79 bits per heavy atom. The van der Waals surface area contributed by atoms with Crippen molar-refractivity contribution in [1.29, 1.82) is 0 Å². The van der Waals surface area contributed by atoms with Gasteiger partial charge in [0.1, 0.15) is 12.3 Å². The van der Waals surface area contributed by atoms with Gasteiger partial charge in [-0.1, -0.05) is 48.9 Å². The third-order valence-electron chi connectivity index (χ3n) is 5.58. The van der Waals surface area contributed by atoms with Crippen molar-refractivity contribution in [3.8, 4) is 5.75 Å². The van der Waals surface area contributed by atoms with E-state index in [1.165, 1.54) is 12.3 Å². The van der Waals surface area contributed by atoms with E-state index in [4.69, 9.17) is 16.3 Å². The number of ether oxygens (including phenoxy) is 1. The first-order chi connectivity index (χ1) is 16.4. The molecule has 1 aromatic heterocycles. The second-order valence-corrected chi connectivity index (χ2v) is 8.26. The van der Waals surface area contributed by atoms with Crippen molar-refractivity contribution in [2.24, 2.45) is 0 Å². The molecule has 1 N–H and O–H groups in total. The Kier molecular flexibility index (Phi) is 6.80. The number of methoxy groups -OCH3 is 1. The molecule has 0 fully saturated rings. The lowest BCUT2D eigenvalue weighted by Crippen LogP contribution is -2.24. The summed E-state index contributed by atoms with van der Waals surface area (Å²) in [5.41, 5.74) is 2.13. The number of aromatic nitrogens is 1. The quantitative estimate of drug-likeness (QED) is 0.378. The van der Waals surface area contributed by atoms with Crippen molar-refractivity contribution in [3.05, 3.63) is 105 Å². The topological polar surface area (TPSA) is 77.4 Å². The summed E-state index contributed by atoms with van der Waals surface area (Å²) in [6, 6.07) is 19.0. The molecule has 0 spiro atoms. The summed E-state index contributed by atoms with van der Waals surface area (Å²) in [6.07, 6.45) is 2.29. The number of fused-ring (bicyclic) bond motifs is 1. The minimum atomic E-state index is -0.425. The zero-order valence-corrected chi connectivity index (χ0v) is 19.6. The molecule has 4 aromatic rings. The Bertz CT molecular complexity index is 1440. The molecule has 0 atom stereocenters. The van der Waals surface area contributed by atoms with Crippen molar-refractivity contribution in [2.45, 2.75) is 19.9 Å². The summed E-state index contributed by atoms with van der Waals surface area (Å²) in [4.78, 5) is 39.3. The van der Waals surface area contributed by atoms with Gasteiger partial charge < -0.3 is 14.6 Å². The van der Waals surface area contributed by atoms with E-state index in [9.17, 15) is 14.4 Å². The van der Waals surface area contributed by atoms with Crippen LogP contribution in [0, 0.1) is 0 Å². The zero-order chi connectivity index (χ0) is 24.2. The first kappa shape index (κ1) is 23.3.